The SMILES string of the molecule is CCCCCCCCCCCCC[C@@H](O)CC#N. The molecule has 0 aromatic carbocycles. The summed E-state index contributed by atoms with van der Waals surface area (Å²) in [6.45, 7) is 2.26. The van der Waals surface area contributed by atoms with Gasteiger partial charge in [-0.2, -0.15) is 5.26 Å². The number of unbranched alkanes of at least 4 members (excludes halogenated alkanes) is 10. The van der Waals surface area contributed by atoms with Crippen LogP contribution in [-0.4, -0.2) is 11.2 Å². The Kier molecular flexibility index (Phi) is 14.1. The van der Waals surface area contributed by atoms with Crippen LogP contribution in [0, 0.1) is 11.3 Å². The van der Waals surface area contributed by atoms with Crippen molar-refractivity contribution in [1.29, 1.82) is 5.26 Å². The van der Waals surface area contributed by atoms with E-state index in [0.717, 1.165) is 12.8 Å². The highest BCUT2D eigenvalue weighted by Gasteiger charge is 2.01. The lowest BCUT2D eigenvalue weighted by Gasteiger charge is -2.05. The lowest BCUT2D eigenvalue weighted by atomic mass is 10.0. The Labute approximate surface area is 113 Å². The average molecular weight is 253 g/mol. The zero-order chi connectivity index (χ0) is 13.5. The minimum atomic E-state index is -0.395. The first-order valence-electron chi connectivity index (χ1n) is 7.86. The highest BCUT2D eigenvalue weighted by molar-refractivity contribution is 4.74. The van der Waals surface area contributed by atoms with Gasteiger partial charge in [0.25, 0.3) is 0 Å². The smallest absolute Gasteiger partial charge is 0.0670 e. The molecular weight excluding hydrogens is 222 g/mol. The fourth-order valence-electron chi connectivity index (χ4n) is 2.25. The Morgan fingerprint density at radius 2 is 1.28 bits per heavy atom. The van der Waals surface area contributed by atoms with Gasteiger partial charge in [0.05, 0.1) is 18.6 Å². The molecule has 0 spiro atoms. The Morgan fingerprint density at radius 1 is 0.833 bits per heavy atom. The molecule has 18 heavy (non-hydrogen) atoms. The van der Waals surface area contributed by atoms with Gasteiger partial charge in [-0.1, -0.05) is 77.6 Å². The molecule has 2 nitrogen and oxygen atoms in total. The summed E-state index contributed by atoms with van der Waals surface area (Å²) < 4.78 is 0. The number of nitriles is 1. The van der Waals surface area contributed by atoms with E-state index in [-0.39, 0.29) is 6.42 Å². The quantitative estimate of drug-likeness (QED) is 0.471. The highest BCUT2D eigenvalue weighted by atomic mass is 16.3. The lowest BCUT2D eigenvalue weighted by molar-refractivity contribution is 0.165. The first-order chi connectivity index (χ1) is 8.81. The van der Waals surface area contributed by atoms with E-state index in [9.17, 15) is 5.11 Å². The topological polar surface area (TPSA) is 44.0 Å². The molecular formula is C16H31NO. The van der Waals surface area contributed by atoms with E-state index in [1.807, 2.05) is 6.07 Å². The van der Waals surface area contributed by atoms with Crippen LogP contribution >= 0.6 is 0 Å². The molecule has 1 atom stereocenters. The van der Waals surface area contributed by atoms with E-state index in [0.29, 0.717) is 0 Å². The molecule has 0 amide bonds. The summed E-state index contributed by atoms with van der Waals surface area (Å²) in [6.07, 6.45) is 15.3. The molecule has 0 rings (SSSR count). The number of aliphatic hydroxyl groups excluding tert-OH is 1. The van der Waals surface area contributed by atoms with Gasteiger partial charge in [-0.3, -0.25) is 0 Å². The zero-order valence-electron chi connectivity index (χ0n) is 12.2. The molecule has 0 unspecified atom stereocenters. The van der Waals surface area contributed by atoms with Gasteiger partial charge in [-0.25, -0.2) is 0 Å². The summed E-state index contributed by atoms with van der Waals surface area (Å²) in [4.78, 5) is 0. The number of hydrogen-bond donors (Lipinski definition) is 1. The second kappa shape index (κ2) is 14.5. The van der Waals surface area contributed by atoms with E-state index in [1.54, 1.807) is 0 Å². The molecule has 0 radical (unpaired) electrons. The first kappa shape index (κ1) is 17.4. The minimum absolute atomic E-state index is 0.289. The summed E-state index contributed by atoms with van der Waals surface area (Å²) in [5, 5.41) is 17.8. The van der Waals surface area contributed by atoms with Crippen molar-refractivity contribution >= 4 is 0 Å². The first-order valence-corrected chi connectivity index (χ1v) is 7.86. The van der Waals surface area contributed by atoms with Crippen LogP contribution < -0.4 is 0 Å². The fraction of sp³-hybridized carbons (Fsp3) is 0.938. The molecule has 0 aliphatic carbocycles. The maximum Gasteiger partial charge on any atom is 0.0670 e. The monoisotopic (exact) mass is 253 g/mol. The van der Waals surface area contributed by atoms with Crippen LogP contribution in [0.4, 0.5) is 0 Å². The lowest BCUT2D eigenvalue weighted by Crippen LogP contribution is -2.04. The molecule has 0 aliphatic rings. The number of nitrogens with zero attached hydrogens (tertiary/aromatic N) is 1. The van der Waals surface area contributed by atoms with Crippen LogP contribution in [0.1, 0.15) is 90.4 Å². The Bertz CT molecular complexity index is 198. The van der Waals surface area contributed by atoms with E-state index < -0.39 is 6.10 Å². The van der Waals surface area contributed by atoms with Crippen LogP contribution in [0.25, 0.3) is 0 Å². The largest absolute Gasteiger partial charge is 0.392 e. The van der Waals surface area contributed by atoms with Gasteiger partial charge in [-0.15, -0.1) is 0 Å². The van der Waals surface area contributed by atoms with Gasteiger partial charge in [0.1, 0.15) is 0 Å². The zero-order valence-corrected chi connectivity index (χ0v) is 12.2. The van der Waals surface area contributed by atoms with Gasteiger partial charge in [-0.05, 0) is 6.42 Å². The summed E-state index contributed by atoms with van der Waals surface area (Å²) in [5.41, 5.74) is 0. The van der Waals surface area contributed by atoms with Crippen LogP contribution in [0.5, 0.6) is 0 Å². The molecule has 0 heterocycles. The summed E-state index contributed by atoms with van der Waals surface area (Å²) in [7, 11) is 0. The number of rotatable bonds is 13. The molecule has 0 saturated carbocycles. The number of hydrogen-bond acceptors (Lipinski definition) is 2. The predicted molar refractivity (Wildman–Crippen MR) is 77.3 cm³/mol. The molecule has 0 bridgehead atoms. The van der Waals surface area contributed by atoms with Crippen molar-refractivity contribution in [1.82, 2.24) is 0 Å². The fourth-order valence-corrected chi connectivity index (χ4v) is 2.25. The maximum atomic E-state index is 9.37. The van der Waals surface area contributed by atoms with Crippen molar-refractivity contribution in [2.24, 2.45) is 0 Å². The molecule has 0 saturated heterocycles. The molecule has 0 aromatic heterocycles. The van der Waals surface area contributed by atoms with Crippen LogP contribution in [0.15, 0.2) is 0 Å². The average Bonchev–Trinajstić information content (AvgIpc) is 2.36. The molecule has 0 fully saturated rings. The van der Waals surface area contributed by atoms with Crippen molar-refractivity contribution in [2.45, 2.75) is 96.5 Å². The van der Waals surface area contributed by atoms with E-state index in [1.165, 1.54) is 64.2 Å². The molecule has 0 aliphatic heterocycles. The van der Waals surface area contributed by atoms with E-state index >= 15 is 0 Å². The summed E-state index contributed by atoms with van der Waals surface area (Å²) in [6, 6.07) is 2.01. The third kappa shape index (κ3) is 13.5. The van der Waals surface area contributed by atoms with Crippen molar-refractivity contribution in [3.8, 4) is 6.07 Å². The summed E-state index contributed by atoms with van der Waals surface area (Å²) >= 11 is 0. The Morgan fingerprint density at radius 3 is 1.72 bits per heavy atom. The third-order valence-electron chi connectivity index (χ3n) is 3.47. The number of aliphatic hydroxyl groups is 1. The van der Waals surface area contributed by atoms with Crippen LogP contribution in [0.2, 0.25) is 0 Å². The van der Waals surface area contributed by atoms with Gasteiger partial charge >= 0.3 is 0 Å². The predicted octanol–water partition coefficient (Wildman–Crippen LogP) is 4.96. The highest BCUT2D eigenvalue weighted by Crippen LogP contribution is 2.12. The van der Waals surface area contributed by atoms with Gasteiger partial charge < -0.3 is 5.11 Å². The molecule has 106 valence electrons. The van der Waals surface area contributed by atoms with Crippen LogP contribution in [0.3, 0.4) is 0 Å². The van der Waals surface area contributed by atoms with Gasteiger partial charge in [0.15, 0.2) is 0 Å². The van der Waals surface area contributed by atoms with Crippen molar-refractivity contribution in [3.05, 3.63) is 0 Å². The normalized spacial score (nSPS) is 12.3. The maximum absolute atomic E-state index is 9.37. The van der Waals surface area contributed by atoms with Crippen molar-refractivity contribution < 1.29 is 5.11 Å². The van der Waals surface area contributed by atoms with E-state index in [4.69, 9.17) is 5.26 Å². The second-order valence-electron chi connectivity index (χ2n) is 5.34. The minimum Gasteiger partial charge on any atom is -0.392 e. The van der Waals surface area contributed by atoms with E-state index in [2.05, 4.69) is 6.92 Å². The molecule has 0 aromatic rings. The molecule has 1 N–H and O–H groups in total. The molecule has 2 heteroatoms. The third-order valence-corrected chi connectivity index (χ3v) is 3.47. The Hall–Kier alpha value is -0.550. The van der Waals surface area contributed by atoms with Crippen LogP contribution in [-0.2, 0) is 0 Å². The van der Waals surface area contributed by atoms with Crippen molar-refractivity contribution in [2.75, 3.05) is 0 Å². The Balaban J connectivity index is 3.01. The summed E-state index contributed by atoms with van der Waals surface area (Å²) in [5.74, 6) is 0. The van der Waals surface area contributed by atoms with Crippen molar-refractivity contribution in [3.63, 3.8) is 0 Å². The standard InChI is InChI=1S/C16H31NO/c1-2-3-4-5-6-7-8-9-10-11-12-13-16(18)14-15-17/h16,18H,2-14H2,1H3/t16-/m1/s1. The second-order valence-corrected chi connectivity index (χ2v) is 5.34. The van der Waals surface area contributed by atoms with Gasteiger partial charge in [0, 0.05) is 0 Å². The van der Waals surface area contributed by atoms with Gasteiger partial charge in [0.2, 0.25) is 0 Å².